The molecule has 5 rings (SSSR count). The quantitative estimate of drug-likeness (QED) is 0.325. The van der Waals surface area contributed by atoms with Crippen molar-refractivity contribution in [2.75, 3.05) is 37.9 Å². The molecule has 1 aromatic heterocycles. The van der Waals surface area contributed by atoms with Crippen molar-refractivity contribution in [2.24, 2.45) is 0 Å². The van der Waals surface area contributed by atoms with Gasteiger partial charge in [0.1, 0.15) is 0 Å². The van der Waals surface area contributed by atoms with E-state index in [-0.39, 0.29) is 6.04 Å². The Morgan fingerprint density at radius 2 is 1.54 bits per heavy atom. The van der Waals surface area contributed by atoms with Gasteiger partial charge in [-0.15, -0.1) is 10.2 Å². The zero-order chi connectivity index (χ0) is 25.6. The molecule has 3 aromatic carbocycles. The molecule has 0 amide bonds. The van der Waals surface area contributed by atoms with E-state index in [9.17, 15) is 0 Å². The number of ether oxygens (including phenoxy) is 2. The molecule has 1 saturated heterocycles. The number of hydrogen-bond donors (Lipinski definition) is 2. The number of rotatable bonds is 7. The summed E-state index contributed by atoms with van der Waals surface area (Å²) in [5.74, 6) is 1.86. The Morgan fingerprint density at radius 1 is 0.865 bits per heavy atom. The van der Waals surface area contributed by atoms with E-state index in [4.69, 9.17) is 21.7 Å². The van der Waals surface area contributed by atoms with Gasteiger partial charge in [-0.25, -0.2) is 0 Å². The molecule has 0 atom stereocenters. The molecule has 0 radical (unpaired) electrons. The highest BCUT2D eigenvalue weighted by atomic mass is 32.1. The third-order valence-corrected chi connectivity index (χ3v) is 6.71. The predicted octanol–water partition coefficient (Wildman–Crippen LogP) is 5.13. The number of hydrogen-bond acceptors (Lipinski definition) is 7. The summed E-state index contributed by atoms with van der Waals surface area (Å²) in [7, 11) is 3.22. The van der Waals surface area contributed by atoms with E-state index in [1.165, 1.54) is 0 Å². The maximum atomic E-state index is 5.69. The summed E-state index contributed by atoms with van der Waals surface area (Å²) in [6.07, 6.45) is 1.76. The smallest absolute Gasteiger partial charge is 0.205 e. The van der Waals surface area contributed by atoms with Crippen molar-refractivity contribution < 1.29 is 9.47 Å². The van der Waals surface area contributed by atoms with Crippen LogP contribution >= 0.6 is 12.2 Å². The summed E-state index contributed by atoms with van der Waals surface area (Å²) in [6, 6.07) is 24.0. The van der Waals surface area contributed by atoms with Gasteiger partial charge in [-0.05, 0) is 84.9 Å². The normalized spacial score (nSPS) is 13.7. The van der Waals surface area contributed by atoms with E-state index < -0.39 is 0 Å². The number of piperidine rings is 1. The number of likely N-dealkylation sites (tertiary alicyclic amines) is 1. The largest absolute Gasteiger partial charge is 0.493 e. The summed E-state index contributed by atoms with van der Waals surface area (Å²) in [5.41, 5.74) is 3.87. The standard InChI is InChI=1S/C27H29N7O2S/c1-35-24-13-8-19(18-25(24)36-2)26-30-32-34(31-26)23-14-16-33(17-15-23)27(37)29-22-11-9-21(10-12-22)28-20-6-4-3-5-7-20/h3-13,18,23,28H,14-17H2,1-2H3,(H,29,37). The number of nitrogens with zero attached hydrogens (tertiary/aromatic N) is 5. The lowest BCUT2D eigenvalue weighted by Gasteiger charge is -2.33. The van der Waals surface area contributed by atoms with E-state index >= 15 is 0 Å². The van der Waals surface area contributed by atoms with Crippen molar-refractivity contribution in [3.05, 3.63) is 72.8 Å². The highest BCUT2D eigenvalue weighted by Crippen LogP contribution is 2.31. The Morgan fingerprint density at radius 3 is 2.24 bits per heavy atom. The lowest BCUT2D eigenvalue weighted by atomic mass is 10.1. The topological polar surface area (TPSA) is 89.4 Å². The van der Waals surface area contributed by atoms with Gasteiger partial charge in [-0.2, -0.15) is 4.80 Å². The molecule has 4 aromatic rings. The van der Waals surface area contributed by atoms with Crippen LogP contribution in [0.25, 0.3) is 11.4 Å². The summed E-state index contributed by atoms with van der Waals surface area (Å²) in [6.45, 7) is 1.63. The first kappa shape index (κ1) is 24.5. The second-order valence-electron chi connectivity index (χ2n) is 8.72. The van der Waals surface area contributed by atoms with Gasteiger partial charge in [0, 0.05) is 35.7 Å². The first-order chi connectivity index (χ1) is 18.1. The van der Waals surface area contributed by atoms with Crippen LogP contribution in [0.3, 0.4) is 0 Å². The van der Waals surface area contributed by atoms with Crippen LogP contribution in [0, 0.1) is 0 Å². The number of anilines is 3. The Balaban J connectivity index is 1.14. The van der Waals surface area contributed by atoms with Crippen molar-refractivity contribution in [1.82, 2.24) is 25.1 Å². The number of tetrazole rings is 1. The molecule has 0 aliphatic carbocycles. The average molecular weight is 516 g/mol. The first-order valence-electron chi connectivity index (χ1n) is 12.1. The molecule has 2 heterocycles. The minimum Gasteiger partial charge on any atom is -0.493 e. The molecule has 10 heteroatoms. The van der Waals surface area contributed by atoms with Crippen molar-refractivity contribution in [2.45, 2.75) is 18.9 Å². The summed E-state index contributed by atoms with van der Waals surface area (Å²) in [4.78, 5) is 3.91. The molecule has 1 fully saturated rings. The van der Waals surface area contributed by atoms with Crippen LogP contribution in [0.1, 0.15) is 18.9 Å². The Kier molecular flexibility index (Phi) is 7.46. The predicted molar refractivity (Wildman–Crippen MR) is 149 cm³/mol. The van der Waals surface area contributed by atoms with Gasteiger partial charge < -0.3 is 25.0 Å². The fourth-order valence-corrected chi connectivity index (χ4v) is 4.60. The lowest BCUT2D eigenvalue weighted by molar-refractivity contribution is 0.238. The Hall–Kier alpha value is -4.18. The minimum absolute atomic E-state index is 0.170. The van der Waals surface area contributed by atoms with Gasteiger partial charge in [0.05, 0.1) is 20.3 Å². The number of aromatic nitrogens is 4. The van der Waals surface area contributed by atoms with Crippen molar-refractivity contribution in [1.29, 1.82) is 0 Å². The van der Waals surface area contributed by atoms with Crippen molar-refractivity contribution >= 4 is 34.4 Å². The third kappa shape index (κ3) is 5.80. The molecule has 0 unspecified atom stereocenters. The molecule has 0 spiro atoms. The lowest BCUT2D eigenvalue weighted by Crippen LogP contribution is -2.41. The maximum Gasteiger partial charge on any atom is 0.205 e. The highest BCUT2D eigenvalue weighted by Gasteiger charge is 2.24. The number of thiocarbonyl (C=S) groups is 1. The molecular formula is C27H29N7O2S. The fraction of sp³-hybridized carbons (Fsp3) is 0.259. The van der Waals surface area contributed by atoms with Crippen molar-refractivity contribution in [3.63, 3.8) is 0 Å². The fourth-order valence-electron chi connectivity index (χ4n) is 4.30. The Bertz CT molecular complexity index is 1340. The molecule has 1 aliphatic heterocycles. The molecule has 37 heavy (non-hydrogen) atoms. The van der Waals surface area contributed by atoms with Crippen LogP contribution in [-0.2, 0) is 0 Å². The van der Waals surface area contributed by atoms with Crippen LogP contribution in [0.5, 0.6) is 11.5 Å². The van der Waals surface area contributed by atoms with E-state index in [0.717, 1.165) is 53.7 Å². The second-order valence-corrected chi connectivity index (χ2v) is 9.11. The molecule has 1 aliphatic rings. The van der Waals surface area contributed by atoms with Crippen LogP contribution in [0.2, 0.25) is 0 Å². The van der Waals surface area contributed by atoms with Gasteiger partial charge in [-0.1, -0.05) is 18.2 Å². The van der Waals surface area contributed by atoms with Gasteiger partial charge >= 0.3 is 0 Å². The van der Waals surface area contributed by atoms with Gasteiger partial charge in [-0.3, -0.25) is 0 Å². The van der Waals surface area contributed by atoms with Crippen LogP contribution in [0.15, 0.2) is 72.8 Å². The molecule has 9 nitrogen and oxygen atoms in total. The summed E-state index contributed by atoms with van der Waals surface area (Å²) < 4.78 is 10.7. The number of para-hydroxylation sites is 1. The summed E-state index contributed by atoms with van der Waals surface area (Å²) >= 11 is 5.69. The van der Waals surface area contributed by atoms with E-state index in [1.807, 2.05) is 72.8 Å². The first-order valence-corrected chi connectivity index (χ1v) is 12.5. The molecule has 0 bridgehead atoms. The van der Waals surface area contributed by atoms with E-state index in [0.29, 0.717) is 17.3 Å². The zero-order valence-electron chi connectivity index (χ0n) is 20.8. The van der Waals surface area contributed by atoms with Gasteiger partial charge in [0.15, 0.2) is 16.6 Å². The van der Waals surface area contributed by atoms with Gasteiger partial charge in [0.25, 0.3) is 0 Å². The van der Waals surface area contributed by atoms with E-state index in [1.54, 1.807) is 19.0 Å². The molecule has 0 saturated carbocycles. The van der Waals surface area contributed by atoms with Crippen LogP contribution in [0.4, 0.5) is 17.1 Å². The van der Waals surface area contributed by atoms with E-state index in [2.05, 4.69) is 30.9 Å². The second kappa shape index (κ2) is 11.3. The highest BCUT2D eigenvalue weighted by molar-refractivity contribution is 7.80. The third-order valence-electron chi connectivity index (χ3n) is 6.35. The average Bonchev–Trinajstić information content (AvgIpc) is 3.45. The summed E-state index contributed by atoms with van der Waals surface area (Å²) in [5, 5.41) is 20.7. The zero-order valence-corrected chi connectivity index (χ0v) is 21.6. The molecule has 190 valence electrons. The SMILES string of the molecule is COc1ccc(-c2nnn(C3CCN(C(=S)Nc4ccc(Nc5ccccc5)cc4)CC3)n2)cc1OC. The monoisotopic (exact) mass is 515 g/mol. The Labute approximate surface area is 221 Å². The van der Waals surface area contributed by atoms with Crippen molar-refractivity contribution in [3.8, 4) is 22.9 Å². The minimum atomic E-state index is 0.170. The van der Waals surface area contributed by atoms with Gasteiger partial charge in [0.2, 0.25) is 5.82 Å². The van der Waals surface area contributed by atoms with Crippen LogP contribution < -0.4 is 20.1 Å². The maximum absolute atomic E-state index is 5.69. The number of benzene rings is 3. The molecule has 2 N–H and O–H groups in total. The number of nitrogens with one attached hydrogen (secondary N) is 2. The van der Waals surface area contributed by atoms with Crippen LogP contribution in [-0.4, -0.2) is 57.5 Å². The number of methoxy groups -OCH3 is 2. The molecular weight excluding hydrogens is 486 g/mol.